The fourth-order valence-electron chi connectivity index (χ4n) is 3.79. The highest BCUT2D eigenvalue weighted by Gasteiger charge is 2.58. The average Bonchev–Trinajstić information content (AvgIpc) is 2.76. The van der Waals surface area contributed by atoms with Crippen LogP contribution in [0.5, 0.6) is 0 Å². The van der Waals surface area contributed by atoms with Crippen LogP contribution < -0.4 is 5.19 Å². The maximum Gasteiger partial charge on any atom is 0.667 e. The molecule has 1 aromatic rings. The van der Waals surface area contributed by atoms with Gasteiger partial charge in [-0.3, -0.25) is 0 Å². The Bertz CT molecular complexity index is 713. The first-order chi connectivity index (χ1) is 15.2. The van der Waals surface area contributed by atoms with Crippen LogP contribution >= 0.6 is 0 Å². The lowest BCUT2D eigenvalue weighted by atomic mass is 10.2. The van der Waals surface area contributed by atoms with Crippen LogP contribution in [0.3, 0.4) is 0 Å². The highest BCUT2D eigenvalue weighted by molar-refractivity contribution is 7.42. The molecule has 3 atom stereocenters. The van der Waals surface area contributed by atoms with Crippen LogP contribution in [0.25, 0.3) is 0 Å². The highest BCUT2D eigenvalue weighted by Crippen LogP contribution is 2.30. The van der Waals surface area contributed by atoms with Gasteiger partial charge in [0.1, 0.15) is 0 Å². The van der Waals surface area contributed by atoms with E-state index in [1.165, 1.54) is 14.2 Å². The molecule has 0 bridgehead atoms. The third kappa shape index (κ3) is 20.7. The summed E-state index contributed by atoms with van der Waals surface area (Å²) in [7, 11) is -11.6. The third-order valence-corrected chi connectivity index (χ3v) is 30.8. The van der Waals surface area contributed by atoms with Gasteiger partial charge in [-0.2, -0.15) is 0 Å². The fourth-order valence-corrected chi connectivity index (χ4v) is 27.6. The summed E-state index contributed by atoms with van der Waals surface area (Å²) in [6.45, 7) is 11.7. The molecule has 0 spiro atoms. The van der Waals surface area contributed by atoms with E-state index in [-0.39, 0.29) is 74.3 Å². The quantitative estimate of drug-likeness (QED) is 0.129. The number of benzene rings is 1. The molecule has 272 valence electrons. The molecular weight excluding hydrogens is 629 g/mol. The maximum absolute atomic E-state index is 11.9. The van der Waals surface area contributed by atoms with E-state index in [0.29, 0.717) is 0 Å². The molecule has 3 unspecified atom stereocenters. The molecule has 1 aromatic carbocycles. The van der Waals surface area contributed by atoms with Crippen molar-refractivity contribution in [1.82, 2.24) is 0 Å². The lowest BCUT2D eigenvalue weighted by Gasteiger charge is -2.45. The Morgan fingerprint density at radius 3 is 1.40 bits per heavy atom. The summed E-state index contributed by atoms with van der Waals surface area (Å²) in [5.74, 6) is 0. The second kappa shape index (κ2) is 29.4. The molecule has 1 rings (SSSR count). The molecular formula is C30H84O8Si5. The summed E-state index contributed by atoms with van der Waals surface area (Å²) in [6.07, 6.45) is 4.38. The summed E-state index contributed by atoms with van der Waals surface area (Å²) in [4.78, 5) is 22.4. The van der Waals surface area contributed by atoms with Crippen LogP contribution in [0.4, 0.5) is 0 Å². The van der Waals surface area contributed by atoms with E-state index >= 15 is 0 Å². The lowest BCUT2D eigenvalue weighted by Crippen LogP contribution is -2.73. The summed E-state index contributed by atoms with van der Waals surface area (Å²) in [5, 5.41) is 1.02. The molecule has 2 N–H and O–H groups in total. The fraction of sp³-hybridized carbons (Fsp3) is 0.800. The van der Waals surface area contributed by atoms with Crippen molar-refractivity contribution in [2.75, 3.05) is 21.3 Å². The van der Waals surface area contributed by atoms with Gasteiger partial charge < -0.3 is 35.2 Å². The molecule has 0 saturated heterocycles. The van der Waals surface area contributed by atoms with Crippen molar-refractivity contribution in [3.05, 3.63) is 30.3 Å². The minimum Gasteiger partial charge on any atom is -0.431 e. The van der Waals surface area contributed by atoms with Crippen LogP contribution in [0, 0.1) is 0 Å². The Labute approximate surface area is 279 Å². The summed E-state index contributed by atoms with van der Waals surface area (Å²) < 4.78 is 35.1. The van der Waals surface area contributed by atoms with E-state index in [0.717, 1.165) is 36.9 Å². The second-order valence-electron chi connectivity index (χ2n) is 9.19. The molecule has 0 radical (unpaired) electrons. The highest BCUT2D eigenvalue weighted by atomic mass is 29.3. The van der Waals surface area contributed by atoms with E-state index in [9.17, 15) is 9.59 Å². The lowest BCUT2D eigenvalue weighted by molar-refractivity contribution is 0.0578. The molecule has 8 nitrogen and oxygen atoms in total. The second-order valence-corrected chi connectivity index (χ2v) is 30.2. The molecule has 0 aliphatic carbocycles. The Morgan fingerprint density at radius 1 is 0.581 bits per heavy atom. The van der Waals surface area contributed by atoms with Crippen molar-refractivity contribution in [2.24, 2.45) is 0 Å². The number of unbranched alkanes of at least 4 members (excludes halogenated alkanes) is 3. The van der Waals surface area contributed by atoms with Gasteiger partial charge in [-0.15, -0.1) is 0 Å². The number of hydrogen-bond acceptors (Lipinski definition) is 8. The van der Waals surface area contributed by atoms with Crippen LogP contribution in [-0.4, -0.2) is 73.0 Å². The van der Waals surface area contributed by atoms with Crippen molar-refractivity contribution >= 4 is 47.3 Å². The normalized spacial score (nSPS) is 14.1. The van der Waals surface area contributed by atoms with Gasteiger partial charge in [-0.25, -0.2) is 0 Å². The Morgan fingerprint density at radius 2 is 1.02 bits per heavy atom. The first kappa shape index (κ1) is 69.6. The third-order valence-electron chi connectivity index (χ3n) is 5.95. The maximum atomic E-state index is 11.9. The van der Waals surface area contributed by atoms with Gasteiger partial charge in [0.25, 0.3) is 0 Å². The number of rotatable bonds is 16. The Hall–Kier alpha value is -0.0156. The molecule has 13 heteroatoms. The van der Waals surface area contributed by atoms with E-state index in [1.807, 2.05) is 43.4 Å². The molecule has 0 saturated carbocycles. The van der Waals surface area contributed by atoms with Crippen molar-refractivity contribution in [2.45, 2.75) is 146 Å². The van der Waals surface area contributed by atoms with Crippen molar-refractivity contribution in [1.29, 1.82) is 0 Å². The van der Waals surface area contributed by atoms with E-state index in [1.54, 1.807) is 20.2 Å². The van der Waals surface area contributed by atoms with Gasteiger partial charge in [0.15, 0.2) is 0 Å². The van der Waals surface area contributed by atoms with Gasteiger partial charge in [0.2, 0.25) is 15.7 Å². The van der Waals surface area contributed by atoms with Crippen molar-refractivity contribution < 1.29 is 35.2 Å². The zero-order valence-electron chi connectivity index (χ0n) is 21.8. The molecule has 0 aromatic heterocycles. The predicted octanol–water partition coefficient (Wildman–Crippen LogP) is 9.74. The zero-order valence-corrected chi connectivity index (χ0v) is 26.8. The standard InChI is InChI=1S/C20H44O8Si5.10CH4/c1-10-11-12-16-19-30(7,21)31(8,20-17-14-13-15-18-20)28-32(9,23-2)26-29(5,6)27-33(22,24-3)25-4;;;;;;;;;;/h13-15,17-18,21-22H,10-12,16,19H2,1-9H3;10*1H4. The minimum absolute atomic E-state index is 0. The number of hydrogen-bond donors (Lipinski definition) is 2. The van der Waals surface area contributed by atoms with E-state index in [2.05, 4.69) is 13.5 Å². The monoisotopic (exact) mass is 713 g/mol. The zero-order chi connectivity index (χ0) is 25.4. The van der Waals surface area contributed by atoms with Crippen LogP contribution in [-0.2, 0) is 25.6 Å². The van der Waals surface area contributed by atoms with Crippen LogP contribution in [0.1, 0.15) is 107 Å². The summed E-state index contributed by atoms with van der Waals surface area (Å²) >= 11 is 0. The molecule has 0 fully saturated rings. The van der Waals surface area contributed by atoms with Gasteiger partial charge >= 0.3 is 26.4 Å². The SMILES string of the molecule is C.C.C.C.C.C.C.C.C.C.CCCCCC[Si](C)(O)[Si](C)(O[Si](C)(OC)O[Si](C)(C)O[Si](O)(OC)OC)c1ccccc1. The van der Waals surface area contributed by atoms with E-state index < -0.39 is 42.1 Å². The van der Waals surface area contributed by atoms with Crippen LogP contribution in [0.15, 0.2) is 30.3 Å². The van der Waals surface area contributed by atoms with Gasteiger partial charge in [-0.1, -0.05) is 137 Å². The Balaban J connectivity index is -0.000000136. The summed E-state index contributed by atoms with van der Waals surface area (Å²) in [5.41, 5.74) is 0. The average molecular weight is 713 g/mol. The predicted molar refractivity (Wildman–Crippen MR) is 209 cm³/mol. The molecule has 0 aliphatic heterocycles. The van der Waals surface area contributed by atoms with Gasteiger partial charge in [0, 0.05) is 27.9 Å². The smallest absolute Gasteiger partial charge is 0.431 e. The van der Waals surface area contributed by atoms with Gasteiger partial charge in [-0.05, 0) is 37.4 Å². The first-order valence-corrected chi connectivity index (χ1v) is 24.3. The first-order valence-electron chi connectivity index (χ1n) is 11.5. The minimum atomic E-state index is -3.81. The Kier molecular flexibility index (Phi) is 47.6. The van der Waals surface area contributed by atoms with Crippen LogP contribution in [0.2, 0.25) is 38.8 Å². The topological polar surface area (TPSA) is 95.8 Å². The van der Waals surface area contributed by atoms with Crippen molar-refractivity contribution in [3.63, 3.8) is 0 Å². The van der Waals surface area contributed by atoms with Gasteiger partial charge in [0.05, 0.1) is 0 Å². The molecule has 43 heavy (non-hydrogen) atoms. The molecule has 0 aliphatic rings. The molecule has 0 heterocycles. The molecule has 0 amide bonds. The summed E-state index contributed by atoms with van der Waals surface area (Å²) in [6, 6.07) is 10.7. The largest absolute Gasteiger partial charge is 0.667 e. The van der Waals surface area contributed by atoms with E-state index in [4.69, 9.17) is 25.6 Å². The van der Waals surface area contributed by atoms with Crippen molar-refractivity contribution in [3.8, 4) is 0 Å².